The monoisotopic (exact) mass is 274 g/mol. The summed E-state index contributed by atoms with van der Waals surface area (Å²) in [6, 6.07) is 8.69. The summed E-state index contributed by atoms with van der Waals surface area (Å²) < 4.78 is 0. The summed E-state index contributed by atoms with van der Waals surface area (Å²) >= 11 is 0. The van der Waals surface area contributed by atoms with Gasteiger partial charge in [0.2, 0.25) is 5.91 Å². The van der Waals surface area contributed by atoms with Crippen molar-refractivity contribution < 1.29 is 14.7 Å². The largest absolute Gasteiger partial charge is 0.393 e. The Bertz CT molecular complexity index is 509. The van der Waals surface area contributed by atoms with Crippen LogP contribution in [0.25, 0.3) is 0 Å². The van der Waals surface area contributed by atoms with Gasteiger partial charge in [0.05, 0.1) is 24.3 Å². The number of para-hydroxylation sites is 1. The summed E-state index contributed by atoms with van der Waals surface area (Å²) in [6.07, 6.45) is 1.31. The highest BCUT2D eigenvalue weighted by Crippen LogP contribution is 2.27. The molecule has 1 N–H and O–H groups in total. The van der Waals surface area contributed by atoms with Gasteiger partial charge >= 0.3 is 0 Å². The number of anilines is 1. The summed E-state index contributed by atoms with van der Waals surface area (Å²) in [5, 5.41) is 9.53. The molecule has 2 heterocycles. The van der Waals surface area contributed by atoms with Crippen LogP contribution in [0.5, 0.6) is 0 Å². The highest BCUT2D eigenvalue weighted by Gasteiger charge is 2.43. The van der Waals surface area contributed by atoms with Crippen molar-refractivity contribution >= 4 is 17.5 Å². The predicted molar refractivity (Wildman–Crippen MR) is 74.2 cm³/mol. The third-order valence-electron chi connectivity index (χ3n) is 4.08. The maximum absolute atomic E-state index is 12.5. The van der Waals surface area contributed by atoms with Gasteiger partial charge in [0.1, 0.15) is 0 Å². The number of aliphatic hydroxyl groups excluding tert-OH is 1. The van der Waals surface area contributed by atoms with Crippen molar-refractivity contribution in [2.75, 3.05) is 18.0 Å². The lowest BCUT2D eigenvalue weighted by atomic mass is 10.1. The predicted octanol–water partition coefficient (Wildman–Crippen LogP) is 0.775. The van der Waals surface area contributed by atoms with E-state index in [1.165, 1.54) is 4.90 Å². The third-order valence-corrected chi connectivity index (χ3v) is 4.08. The molecular weight excluding hydrogens is 256 g/mol. The van der Waals surface area contributed by atoms with E-state index in [2.05, 4.69) is 0 Å². The van der Waals surface area contributed by atoms with E-state index in [0.29, 0.717) is 31.6 Å². The summed E-state index contributed by atoms with van der Waals surface area (Å²) in [5.41, 5.74) is 0.641. The molecule has 2 aliphatic rings. The molecule has 0 radical (unpaired) electrons. The Morgan fingerprint density at radius 3 is 2.35 bits per heavy atom. The number of likely N-dealkylation sites (tertiary alicyclic amines) is 1. The van der Waals surface area contributed by atoms with Gasteiger partial charge in [-0.25, -0.2) is 4.90 Å². The van der Waals surface area contributed by atoms with E-state index in [4.69, 9.17) is 0 Å². The minimum atomic E-state index is -0.366. The summed E-state index contributed by atoms with van der Waals surface area (Å²) in [5.74, 6) is -0.282. The Morgan fingerprint density at radius 1 is 1.05 bits per heavy atom. The number of benzene rings is 1. The van der Waals surface area contributed by atoms with Crippen LogP contribution >= 0.6 is 0 Å². The zero-order valence-corrected chi connectivity index (χ0v) is 11.2. The first-order chi connectivity index (χ1) is 9.66. The SMILES string of the molecule is O=C1CC(N2CCC(O)CC2)C(=O)N1c1ccccc1. The third kappa shape index (κ3) is 2.34. The van der Waals surface area contributed by atoms with E-state index >= 15 is 0 Å². The first-order valence-corrected chi connectivity index (χ1v) is 7.01. The molecule has 1 atom stereocenters. The molecule has 1 unspecified atom stereocenters. The molecule has 2 fully saturated rings. The molecule has 0 saturated carbocycles. The molecule has 2 aliphatic heterocycles. The van der Waals surface area contributed by atoms with E-state index < -0.39 is 0 Å². The van der Waals surface area contributed by atoms with Crippen molar-refractivity contribution in [1.82, 2.24) is 4.90 Å². The molecule has 0 aromatic heterocycles. The van der Waals surface area contributed by atoms with E-state index in [1.54, 1.807) is 12.1 Å². The molecule has 0 spiro atoms. The van der Waals surface area contributed by atoms with Crippen molar-refractivity contribution in [2.24, 2.45) is 0 Å². The van der Waals surface area contributed by atoms with Crippen LogP contribution in [0.15, 0.2) is 30.3 Å². The minimum absolute atomic E-state index is 0.141. The molecule has 106 valence electrons. The van der Waals surface area contributed by atoms with E-state index in [0.717, 1.165) is 0 Å². The average Bonchev–Trinajstić information content (AvgIpc) is 2.76. The Labute approximate surface area is 117 Å². The van der Waals surface area contributed by atoms with Crippen LogP contribution in [0.4, 0.5) is 5.69 Å². The topological polar surface area (TPSA) is 60.9 Å². The smallest absolute Gasteiger partial charge is 0.251 e. The van der Waals surface area contributed by atoms with Crippen LogP contribution in [0.2, 0.25) is 0 Å². The van der Waals surface area contributed by atoms with E-state index in [9.17, 15) is 14.7 Å². The Kier molecular flexibility index (Phi) is 3.54. The summed E-state index contributed by atoms with van der Waals surface area (Å²) in [4.78, 5) is 27.9. The first kappa shape index (κ1) is 13.3. The number of aliphatic hydroxyl groups is 1. The lowest BCUT2D eigenvalue weighted by Gasteiger charge is -2.32. The van der Waals surface area contributed by atoms with Crippen LogP contribution in [-0.4, -0.2) is 47.1 Å². The van der Waals surface area contributed by atoms with Crippen LogP contribution < -0.4 is 4.90 Å². The maximum Gasteiger partial charge on any atom is 0.251 e. The number of amides is 2. The molecular formula is C15H18N2O3. The normalized spacial score (nSPS) is 25.4. The standard InChI is InChI=1S/C15H18N2O3/c18-12-6-8-16(9-7-12)13-10-14(19)17(15(13)20)11-4-2-1-3-5-11/h1-5,12-13,18H,6-10H2. The van der Waals surface area contributed by atoms with E-state index in [1.807, 2.05) is 23.1 Å². The minimum Gasteiger partial charge on any atom is -0.393 e. The number of piperidine rings is 1. The fourth-order valence-electron chi connectivity index (χ4n) is 2.95. The molecule has 0 aliphatic carbocycles. The molecule has 5 heteroatoms. The highest BCUT2D eigenvalue weighted by atomic mass is 16.3. The van der Waals surface area contributed by atoms with Crippen LogP contribution in [-0.2, 0) is 9.59 Å². The van der Waals surface area contributed by atoms with Crippen molar-refractivity contribution in [3.8, 4) is 0 Å². The lowest BCUT2D eigenvalue weighted by molar-refractivity contribution is -0.123. The van der Waals surface area contributed by atoms with Gasteiger partial charge in [-0.2, -0.15) is 0 Å². The maximum atomic E-state index is 12.5. The Morgan fingerprint density at radius 2 is 1.70 bits per heavy atom. The molecule has 2 amide bonds. The quantitative estimate of drug-likeness (QED) is 0.809. The molecule has 1 aromatic carbocycles. The lowest BCUT2D eigenvalue weighted by Crippen LogP contribution is -2.46. The van der Waals surface area contributed by atoms with Gasteiger partial charge in [0.25, 0.3) is 5.91 Å². The average molecular weight is 274 g/mol. The molecule has 3 rings (SSSR count). The number of hydrogen-bond acceptors (Lipinski definition) is 4. The number of carbonyl (C=O) groups excluding carboxylic acids is 2. The van der Waals surface area contributed by atoms with Crippen molar-refractivity contribution in [1.29, 1.82) is 0 Å². The fraction of sp³-hybridized carbons (Fsp3) is 0.467. The van der Waals surface area contributed by atoms with Gasteiger partial charge in [0.15, 0.2) is 0 Å². The zero-order valence-electron chi connectivity index (χ0n) is 11.2. The van der Waals surface area contributed by atoms with Crippen LogP contribution in [0.1, 0.15) is 19.3 Å². The molecule has 20 heavy (non-hydrogen) atoms. The Hall–Kier alpha value is -1.72. The first-order valence-electron chi connectivity index (χ1n) is 7.01. The highest BCUT2D eigenvalue weighted by molar-refractivity contribution is 6.22. The van der Waals surface area contributed by atoms with Gasteiger partial charge in [0, 0.05) is 13.1 Å². The second kappa shape index (κ2) is 5.34. The number of imide groups is 1. The van der Waals surface area contributed by atoms with Gasteiger partial charge < -0.3 is 5.11 Å². The van der Waals surface area contributed by atoms with Gasteiger partial charge in [-0.15, -0.1) is 0 Å². The summed E-state index contributed by atoms with van der Waals surface area (Å²) in [7, 11) is 0. The van der Waals surface area contributed by atoms with Crippen LogP contribution in [0.3, 0.4) is 0 Å². The second-order valence-corrected chi connectivity index (χ2v) is 5.39. The molecule has 1 aromatic rings. The van der Waals surface area contributed by atoms with Crippen molar-refractivity contribution in [3.05, 3.63) is 30.3 Å². The van der Waals surface area contributed by atoms with Gasteiger partial charge in [-0.3, -0.25) is 14.5 Å². The van der Waals surface area contributed by atoms with Crippen molar-refractivity contribution in [3.63, 3.8) is 0 Å². The number of carbonyl (C=O) groups is 2. The molecule has 5 nitrogen and oxygen atoms in total. The van der Waals surface area contributed by atoms with Gasteiger partial charge in [-0.1, -0.05) is 18.2 Å². The van der Waals surface area contributed by atoms with E-state index in [-0.39, 0.29) is 30.4 Å². The van der Waals surface area contributed by atoms with Crippen LogP contribution in [0, 0.1) is 0 Å². The fourth-order valence-corrected chi connectivity index (χ4v) is 2.95. The van der Waals surface area contributed by atoms with Gasteiger partial charge in [-0.05, 0) is 25.0 Å². The second-order valence-electron chi connectivity index (χ2n) is 5.39. The summed E-state index contributed by atoms with van der Waals surface area (Å²) in [6.45, 7) is 1.35. The molecule has 0 bridgehead atoms. The number of hydrogen-bond donors (Lipinski definition) is 1. The number of nitrogens with zero attached hydrogens (tertiary/aromatic N) is 2. The number of rotatable bonds is 2. The Balaban J connectivity index is 1.77. The molecule has 2 saturated heterocycles. The van der Waals surface area contributed by atoms with Crippen molar-refractivity contribution in [2.45, 2.75) is 31.4 Å². The zero-order chi connectivity index (χ0) is 14.1.